The predicted octanol–water partition coefficient (Wildman–Crippen LogP) is 11.7. The van der Waals surface area contributed by atoms with Crippen LogP contribution >= 0.6 is 0 Å². The number of aliphatic hydroxyl groups excluding tert-OH is 2. The van der Waals surface area contributed by atoms with Crippen LogP contribution in [0.3, 0.4) is 0 Å². The number of carbonyl (C=O) groups is 1. The second kappa shape index (κ2) is 25.5. The van der Waals surface area contributed by atoms with Gasteiger partial charge in [0.05, 0.1) is 0 Å². The van der Waals surface area contributed by atoms with E-state index in [1.54, 1.807) is 0 Å². The molecule has 4 rings (SSSR count). The van der Waals surface area contributed by atoms with Crippen LogP contribution in [0.2, 0.25) is 13.3 Å². The van der Waals surface area contributed by atoms with Crippen molar-refractivity contribution in [1.29, 1.82) is 0 Å². The van der Waals surface area contributed by atoms with E-state index in [0.29, 0.717) is 65.3 Å². The van der Waals surface area contributed by atoms with Gasteiger partial charge in [-0.25, -0.2) is 0 Å². The molecule has 316 valence electrons. The number of carbonyl (C=O) groups excluding carboxylic acids is 1. The third-order valence-electron chi connectivity index (χ3n) is 13.3. The van der Waals surface area contributed by atoms with Gasteiger partial charge in [-0.2, -0.15) is 0 Å². The van der Waals surface area contributed by atoms with Crippen molar-refractivity contribution < 1.29 is 29.2 Å². The van der Waals surface area contributed by atoms with Gasteiger partial charge in [-0.05, 0) is 5.56 Å². The summed E-state index contributed by atoms with van der Waals surface area (Å²) in [7, 11) is 0. The Balaban J connectivity index is 1.56. The van der Waals surface area contributed by atoms with Gasteiger partial charge in [0, 0.05) is 0 Å². The van der Waals surface area contributed by atoms with Crippen LogP contribution in [0.5, 0.6) is 0 Å². The molecule has 0 saturated heterocycles. The predicted molar refractivity (Wildman–Crippen MR) is 237 cm³/mol. The van der Waals surface area contributed by atoms with Crippen LogP contribution in [0.1, 0.15) is 128 Å². The van der Waals surface area contributed by atoms with E-state index in [1.165, 1.54) is 0 Å². The zero-order valence-electron chi connectivity index (χ0n) is 36.0. The van der Waals surface area contributed by atoms with Gasteiger partial charge in [-0.3, -0.25) is 0 Å². The molecule has 0 spiro atoms. The summed E-state index contributed by atoms with van der Waals surface area (Å²) in [5.74, 6) is 0.497. The number of ether oxygens (including phenoxy) is 3. The Morgan fingerprint density at radius 2 is 1.09 bits per heavy atom. The van der Waals surface area contributed by atoms with Gasteiger partial charge in [0.15, 0.2) is 0 Å². The molecule has 0 aliphatic heterocycles. The summed E-state index contributed by atoms with van der Waals surface area (Å²) in [6.07, 6.45) is 10.4. The SMILES string of the molecule is CCC[CH2][Sn]([CH2]CCC)([CH2]CCC)[CH](O)C(O)CC[C@@]1(CCOCc2ccccc2)C[C@H](CCOCc2ccccc2)[C@@](C)(CCOCc2ccccc2)CC1=O. The summed E-state index contributed by atoms with van der Waals surface area (Å²) in [5.41, 5.74) is 2.54. The summed E-state index contributed by atoms with van der Waals surface area (Å²) >= 11 is -3.15. The topological polar surface area (TPSA) is 85.2 Å². The Bertz CT molecular complexity index is 1480. The molecule has 2 N–H and O–H groups in total. The summed E-state index contributed by atoms with van der Waals surface area (Å²) in [4.78, 5) is 14.9. The van der Waals surface area contributed by atoms with Gasteiger partial charge < -0.3 is 0 Å². The van der Waals surface area contributed by atoms with Crippen molar-refractivity contribution in [2.75, 3.05) is 19.8 Å². The molecular weight excluding hydrogens is 815 g/mol. The van der Waals surface area contributed by atoms with Crippen molar-refractivity contribution in [1.82, 2.24) is 0 Å². The molecule has 6 nitrogen and oxygen atoms in total. The first kappa shape index (κ1) is 47.6. The van der Waals surface area contributed by atoms with E-state index in [1.807, 2.05) is 54.6 Å². The maximum atomic E-state index is 14.9. The molecule has 0 amide bonds. The Labute approximate surface area is 350 Å². The zero-order valence-corrected chi connectivity index (χ0v) is 38.8. The van der Waals surface area contributed by atoms with Crippen LogP contribution < -0.4 is 0 Å². The minimum absolute atomic E-state index is 0.222. The molecular formula is C50H76O6Sn. The molecule has 0 radical (unpaired) electrons. The van der Waals surface area contributed by atoms with Gasteiger partial charge in [-0.15, -0.1) is 0 Å². The summed E-state index contributed by atoms with van der Waals surface area (Å²) < 4.78 is 21.6. The molecule has 3 aromatic rings. The number of hydrogen-bond donors (Lipinski definition) is 2. The van der Waals surface area contributed by atoms with Crippen LogP contribution in [0.25, 0.3) is 0 Å². The van der Waals surface area contributed by atoms with E-state index >= 15 is 0 Å². The molecule has 7 heteroatoms. The van der Waals surface area contributed by atoms with Gasteiger partial charge in [0.1, 0.15) is 0 Å². The van der Waals surface area contributed by atoms with E-state index in [0.717, 1.165) is 87.8 Å². The summed E-state index contributed by atoms with van der Waals surface area (Å²) in [5, 5.41) is 24.2. The molecule has 1 fully saturated rings. The van der Waals surface area contributed by atoms with E-state index in [2.05, 4.69) is 64.1 Å². The Morgan fingerprint density at radius 3 is 1.54 bits per heavy atom. The Kier molecular flexibility index (Phi) is 21.3. The number of ketones is 1. The first-order chi connectivity index (χ1) is 27.7. The van der Waals surface area contributed by atoms with Crippen molar-refractivity contribution >= 4 is 24.2 Å². The average Bonchev–Trinajstić information content (AvgIpc) is 3.24. The van der Waals surface area contributed by atoms with Crippen molar-refractivity contribution in [3.63, 3.8) is 0 Å². The molecule has 2 unspecified atom stereocenters. The minimum atomic E-state index is -3.15. The van der Waals surface area contributed by atoms with Crippen LogP contribution in [0.15, 0.2) is 91.0 Å². The molecule has 57 heavy (non-hydrogen) atoms. The fourth-order valence-electron chi connectivity index (χ4n) is 9.37. The number of hydrogen-bond acceptors (Lipinski definition) is 6. The van der Waals surface area contributed by atoms with Crippen LogP contribution in [-0.2, 0) is 38.8 Å². The third kappa shape index (κ3) is 15.2. The summed E-state index contributed by atoms with van der Waals surface area (Å²) in [6, 6.07) is 30.8. The van der Waals surface area contributed by atoms with E-state index < -0.39 is 34.0 Å². The van der Waals surface area contributed by atoms with Crippen molar-refractivity contribution in [2.45, 2.75) is 155 Å². The van der Waals surface area contributed by atoms with Crippen LogP contribution in [0.4, 0.5) is 0 Å². The second-order valence-corrected chi connectivity index (χ2v) is 31.3. The number of aliphatic hydroxyl groups is 2. The molecule has 0 aromatic heterocycles. The van der Waals surface area contributed by atoms with Crippen molar-refractivity contribution in [2.24, 2.45) is 16.7 Å². The molecule has 0 bridgehead atoms. The number of rotatable bonds is 29. The fraction of sp³-hybridized carbons (Fsp3) is 0.620. The molecule has 1 aliphatic carbocycles. The molecule has 3 aromatic carbocycles. The molecule has 1 aliphatic rings. The first-order valence-corrected chi connectivity index (χ1v) is 30.1. The molecule has 5 atom stereocenters. The maximum absolute atomic E-state index is 14.9. The van der Waals surface area contributed by atoms with Gasteiger partial charge in [0.2, 0.25) is 0 Å². The van der Waals surface area contributed by atoms with Gasteiger partial charge in [0.25, 0.3) is 0 Å². The number of benzene rings is 3. The van der Waals surface area contributed by atoms with Crippen LogP contribution in [-0.4, -0.2) is 64.4 Å². The number of Topliss-reactive ketones (excluding diaryl/α,β-unsaturated/α-hetero) is 1. The van der Waals surface area contributed by atoms with E-state index in [9.17, 15) is 15.0 Å². The quantitative estimate of drug-likeness (QED) is 0.0533. The monoisotopic (exact) mass is 892 g/mol. The normalized spacial score (nSPS) is 21.1. The molecule has 1 saturated carbocycles. The average molecular weight is 892 g/mol. The fourth-order valence-corrected chi connectivity index (χ4v) is 25.9. The first-order valence-electron chi connectivity index (χ1n) is 22.4. The second-order valence-electron chi connectivity index (χ2n) is 17.6. The van der Waals surface area contributed by atoms with Crippen molar-refractivity contribution in [3.05, 3.63) is 108 Å². The Morgan fingerprint density at radius 1 is 0.649 bits per heavy atom. The van der Waals surface area contributed by atoms with E-state index in [-0.39, 0.29) is 17.1 Å². The summed E-state index contributed by atoms with van der Waals surface area (Å²) in [6.45, 7) is 12.3. The van der Waals surface area contributed by atoms with E-state index in [4.69, 9.17) is 14.2 Å². The van der Waals surface area contributed by atoms with Crippen LogP contribution in [0, 0.1) is 16.7 Å². The molecule has 0 heterocycles. The number of unbranched alkanes of at least 4 members (excludes halogenated alkanes) is 3. The van der Waals surface area contributed by atoms with Gasteiger partial charge in [-0.1, -0.05) is 66.7 Å². The van der Waals surface area contributed by atoms with Gasteiger partial charge >= 0.3 is 280 Å². The third-order valence-corrected chi connectivity index (χ3v) is 29.5. The van der Waals surface area contributed by atoms with Crippen molar-refractivity contribution in [3.8, 4) is 0 Å². The zero-order chi connectivity index (χ0) is 40.8. The standard InChI is InChI=1S/C38H49O6.3C4H9.Sn/c1-37(20-23-43-29-32-13-7-3-8-14-32)26-36(41)38(19-17-35(40)27-39,21-24-44-30-33-15-9-4-10-16-33)25-34(37)18-22-42-28-31-11-5-2-6-12-31;3*1-3-4-2;/h2-16,27,34-35,39-40H,17-26,28-30H2,1H3;3*1,3-4H2,2H3;/t34-,35?,37-,38+;;;;/m0..../s1. The Hall–Kier alpha value is -2.07.